The van der Waals surface area contributed by atoms with Crippen LogP contribution in [0.2, 0.25) is 0 Å². The molecule has 1 aliphatic rings. The summed E-state index contributed by atoms with van der Waals surface area (Å²) in [6, 6.07) is 24.7. The minimum absolute atomic E-state index is 0.467. The Morgan fingerprint density at radius 1 is 0.846 bits per heavy atom. The zero-order valence-electron chi connectivity index (χ0n) is 16.1. The molecule has 0 heteroatoms. The van der Waals surface area contributed by atoms with Crippen molar-refractivity contribution in [2.75, 3.05) is 0 Å². The maximum Gasteiger partial charge on any atom is 0.0124 e. The minimum Gasteiger partial charge on any atom is -0.0801 e. The lowest BCUT2D eigenvalue weighted by Gasteiger charge is -2.33. The highest BCUT2D eigenvalue weighted by Gasteiger charge is 2.29. The van der Waals surface area contributed by atoms with Crippen molar-refractivity contribution in [1.29, 1.82) is 0 Å². The van der Waals surface area contributed by atoms with E-state index in [0.717, 1.165) is 0 Å². The molecule has 0 fully saturated rings. The lowest BCUT2D eigenvalue weighted by molar-refractivity contribution is 0.481. The van der Waals surface area contributed by atoms with Crippen molar-refractivity contribution in [3.8, 4) is 0 Å². The van der Waals surface area contributed by atoms with E-state index in [1.807, 2.05) is 0 Å². The third kappa shape index (κ3) is 2.98. The topological polar surface area (TPSA) is 0 Å². The predicted molar refractivity (Wildman–Crippen MR) is 114 cm³/mol. The van der Waals surface area contributed by atoms with Gasteiger partial charge >= 0.3 is 0 Å². The Morgan fingerprint density at radius 3 is 2.42 bits per heavy atom. The number of allylic oxidation sites excluding steroid dienone is 2. The maximum atomic E-state index is 2.51. The van der Waals surface area contributed by atoms with E-state index in [1.54, 1.807) is 0 Å². The zero-order chi connectivity index (χ0) is 18.1. The van der Waals surface area contributed by atoms with Crippen LogP contribution in [0, 0.1) is 5.92 Å². The van der Waals surface area contributed by atoms with Crippen molar-refractivity contribution in [3.05, 3.63) is 89.5 Å². The van der Waals surface area contributed by atoms with Gasteiger partial charge in [0.1, 0.15) is 0 Å². The lowest BCUT2D eigenvalue weighted by Crippen LogP contribution is -2.17. The van der Waals surface area contributed by atoms with Crippen molar-refractivity contribution >= 4 is 16.3 Å². The minimum atomic E-state index is 0.467. The van der Waals surface area contributed by atoms with Crippen LogP contribution < -0.4 is 0 Å². The quantitative estimate of drug-likeness (QED) is 0.461. The molecule has 1 aliphatic carbocycles. The molecule has 0 bridgehead atoms. The van der Waals surface area contributed by atoms with Crippen LogP contribution in [0.4, 0.5) is 0 Å². The third-order valence-electron chi connectivity index (χ3n) is 5.94. The third-order valence-corrected chi connectivity index (χ3v) is 5.94. The second kappa shape index (κ2) is 7.11. The Bertz CT molecular complexity index is 940. The summed E-state index contributed by atoms with van der Waals surface area (Å²) in [5, 5.41) is 2.75. The molecule has 0 saturated carbocycles. The molecule has 0 aliphatic heterocycles. The molecule has 0 heterocycles. The number of fused-ring (bicyclic) bond motifs is 1. The van der Waals surface area contributed by atoms with Crippen LogP contribution in [-0.4, -0.2) is 0 Å². The smallest absolute Gasteiger partial charge is 0.0124 e. The summed E-state index contributed by atoms with van der Waals surface area (Å²) < 4.78 is 0. The van der Waals surface area contributed by atoms with E-state index in [9.17, 15) is 0 Å². The molecule has 3 aromatic rings. The van der Waals surface area contributed by atoms with Crippen LogP contribution in [0.3, 0.4) is 0 Å². The highest BCUT2D eigenvalue weighted by molar-refractivity contribution is 5.89. The molecule has 132 valence electrons. The summed E-state index contributed by atoms with van der Waals surface area (Å²) in [6.07, 6.45) is 4.96. The number of rotatable bonds is 3. The Morgan fingerprint density at radius 2 is 1.58 bits per heavy atom. The highest BCUT2D eigenvalue weighted by Crippen LogP contribution is 2.46. The van der Waals surface area contributed by atoms with Gasteiger partial charge in [-0.15, -0.1) is 0 Å². The Hall–Kier alpha value is -2.34. The summed E-state index contributed by atoms with van der Waals surface area (Å²) in [4.78, 5) is 0. The number of hydrogen-bond acceptors (Lipinski definition) is 0. The van der Waals surface area contributed by atoms with E-state index in [-0.39, 0.29) is 0 Å². The SMILES string of the molecule is CC(C)c1ccccc1C1=CCCC(C)C1c1cccc2ccccc12. The van der Waals surface area contributed by atoms with Crippen molar-refractivity contribution in [2.45, 2.75) is 45.4 Å². The van der Waals surface area contributed by atoms with Gasteiger partial charge in [-0.05, 0) is 57.7 Å². The van der Waals surface area contributed by atoms with Crippen molar-refractivity contribution in [3.63, 3.8) is 0 Å². The fraction of sp³-hybridized carbons (Fsp3) is 0.308. The first kappa shape index (κ1) is 17.1. The second-order valence-electron chi connectivity index (χ2n) is 8.00. The van der Waals surface area contributed by atoms with Crippen molar-refractivity contribution < 1.29 is 0 Å². The van der Waals surface area contributed by atoms with E-state index in [0.29, 0.717) is 17.8 Å². The van der Waals surface area contributed by atoms with Gasteiger partial charge in [-0.2, -0.15) is 0 Å². The molecule has 4 rings (SSSR count). The normalized spacial score (nSPS) is 20.4. The van der Waals surface area contributed by atoms with Gasteiger partial charge < -0.3 is 0 Å². The average Bonchev–Trinajstić information content (AvgIpc) is 2.67. The molecule has 0 saturated heterocycles. The van der Waals surface area contributed by atoms with Gasteiger partial charge in [0.05, 0.1) is 0 Å². The van der Waals surface area contributed by atoms with E-state index >= 15 is 0 Å². The van der Waals surface area contributed by atoms with Crippen LogP contribution in [0.5, 0.6) is 0 Å². The highest BCUT2D eigenvalue weighted by atomic mass is 14.3. The summed E-state index contributed by atoms with van der Waals surface area (Å²) in [7, 11) is 0. The van der Waals surface area contributed by atoms with Crippen molar-refractivity contribution in [2.24, 2.45) is 5.92 Å². The van der Waals surface area contributed by atoms with Crippen LogP contribution >= 0.6 is 0 Å². The Balaban J connectivity index is 1.91. The fourth-order valence-electron chi connectivity index (χ4n) is 4.64. The first-order chi connectivity index (χ1) is 12.7. The van der Waals surface area contributed by atoms with Gasteiger partial charge in [0.25, 0.3) is 0 Å². The summed E-state index contributed by atoms with van der Waals surface area (Å²) in [6.45, 7) is 7.04. The van der Waals surface area contributed by atoms with Crippen LogP contribution in [0.1, 0.15) is 62.1 Å². The fourth-order valence-corrected chi connectivity index (χ4v) is 4.64. The zero-order valence-corrected chi connectivity index (χ0v) is 16.1. The summed E-state index contributed by atoms with van der Waals surface area (Å²) in [5.41, 5.74) is 5.94. The molecule has 0 nitrogen and oxygen atoms in total. The van der Waals surface area contributed by atoms with Gasteiger partial charge in [0.15, 0.2) is 0 Å². The van der Waals surface area contributed by atoms with E-state index in [4.69, 9.17) is 0 Å². The second-order valence-corrected chi connectivity index (χ2v) is 8.00. The standard InChI is InChI=1S/C26H28/c1-18(2)21-13-6-7-15-23(21)25-16-8-10-19(3)26(25)24-17-9-12-20-11-4-5-14-22(20)24/h4-7,9,11-19,26H,8,10H2,1-3H3. The van der Waals surface area contributed by atoms with E-state index in [1.165, 1.54) is 45.9 Å². The molecule has 3 aromatic carbocycles. The Kier molecular flexibility index (Phi) is 4.68. The monoisotopic (exact) mass is 340 g/mol. The molecular weight excluding hydrogens is 312 g/mol. The number of benzene rings is 3. The largest absolute Gasteiger partial charge is 0.0801 e. The summed E-state index contributed by atoms with van der Waals surface area (Å²) in [5.74, 6) is 1.66. The first-order valence-corrected chi connectivity index (χ1v) is 9.94. The van der Waals surface area contributed by atoms with Gasteiger partial charge in [-0.1, -0.05) is 93.6 Å². The number of hydrogen-bond donors (Lipinski definition) is 0. The van der Waals surface area contributed by atoms with E-state index < -0.39 is 0 Å². The average molecular weight is 341 g/mol. The summed E-state index contributed by atoms with van der Waals surface area (Å²) >= 11 is 0. The molecule has 2 unspecified atom stereocenters. The van der Waals surface area contributed by atoms with Crippen LogP contribution in [-0.2, 0) is 0 Å². The van der Waals surface area contributed by atoms with Crippen molar-refractivity contribution in [1.82, 2.24) is 0 Å². The van der Waals surface area contributed by atoms with Gasteiger partial charge in [0.2, 0.25) is 0 Å². The van der Waals surface area contributed by atoms with Crippen LogP contribution in [0.15, 0.2) is 72.8 Å². The molecule has 0 radical (unpaired) electrons. The molecule has 0 amide bonds. The lowest BCUT2D eigenvalue weighted by atomic mass is 9.71. The Labute approximate surface area is 157 Å². The predicted octanol–water partition coefficient (Wildman–Crippen LogP) is 7.56. The van der Waals surface area contributed by atoms with Crippen LogP contribution in [0.25, 0.3) is 16.3 Å². The van der Waals surface area contributed by atoms with Gasteiger partial charge in [0, 0.05) is 5.92 Å². The molecule has 0 aromatic heterocycles. The molecule has 26 heavy (non-hydrogen) atoms. The molecule has 2 atom stereocenters. The van der Waals surface area contributed by atoms with Gasteiger partial charge in [-0.3, -0.25) is 0 Å². The molecular formula is C26H28. The molecule has 0 spiro atoms. The maximum absolute atomic E-state index is 2.51. The van der Waals surface area contributed by atoms with Gasteiger partial charge in [-0.25, -0.2) is 0 Å². The molecule has 0 N–H and O–H groups in total. The van der Waals surface area contributed by atoms with E-state index in [2.05, 4.69) is 93.6 Å². The first-order valence-electron chi connectivity index (χ1n) is 9.94.